The van der Waals surface area contributed by atoms with Crippen LogP contribution in [0.5, 0.6) is 5.75 Å². The number of carbonyl (C=O) groups is 1. The van der Waals surface area contributed by atoms with Crippen LogP contribution >= 0.6 is 0 Å². The molecule has 3 heteroatoms. The Labute approximate surface area is 111 Å². The number of hydrogen-bond acceptors (Lipinski definition) is 2. The molecule has 0 bridgehead atoms. The van der Waals surface area contributed by atoms with Gasteiger partial charge in [-0.05, 0) is 41.7 Å². The monoisotopic (exact) mass is 254 g/mol. The second-order valence-electron chi connectivity index (χ2n) is 4.67. The zero-order valence-corrected chi connectivity index (χ0v) is 10.4. The van der Waals surface area contributed by atoms with E-state index >= 15 is 0 Å². The number of fused-ring (bicyclic) bond motifs is 1. The first-order valence-corrected chi connectivity index (χ1v) is 6.32. The SMILES string of the molecule is O=C(O)C1CCc2cc(-c3ccccc3)ccc2O1. The van der Waals surface area contributed by atoms with Crippen LogP contribution in [-0.2, 0) is 11.2 Å². The van der Waals surface area contributed by atoms with Gasteiger partial charge in [-0.2, -0.15) is 0 Å². The highest BCUT2D eigenvalue weighted by Crippen LogP contribution is 2.31. The highest BCUT2D eigenvalue weighted by Gasteiger charge is 2.25. The van der Waals surface area contributed by atoms with Crippen LogP contribution in [0.2, 0.25) is 0 Å². The summed E-state index contributed by atoms with van der Waals surface area (Å²) < 4.78 is 5.48. The molecule has 0 amide bonds. The second kappa shape index (κ2) is 4.76. The van der Waals surface area contributed by atoms with Crippen LogP contribution in [0.4, 0.5) is 0 Å². The summed E-state index contributed by atoms with van der Waals surface area (Å²) in [6.07, 6.45) is 0.558. The zero-order chi connectivity index (χ0) is 13.2. The molecule has 0 aliphatic carbocycles. The molecule has 2 aromatic rings. The first-order valence-electron chi connectivity index (χ1n) is 6.32. The van der Waals surface area contributed by atoms with Gasteiger partial charge in [-0.3, -0.25) is 0 Å². The molecule has 0 spiro atoms. The van der Waals surface area contributed by atoms with E-state index < -0.39 is 12.1 Å². The number of carboxylic acid groups (broad SMARTS) is 1. The molecule has 1 unspecified atom stereocenters. The molecule has 2 aromatic carbocycles. The number of carboxylic acids is 1. The average molecular weight is 254 g/mol. The summed E-state index contributed by atoms with van der Waals surface area (Å²) in [5, 5.41) is 8.97. The second-order valence-corrected chi connectivity index (χ2v) is 4.67. The minimum absolute atomic E-state index is 0.528. The summed E-state index contributed by atoms with van der Waals surface area (Å²) in [4.78, 5) is 10.9. The highest BCUT2D eigenvalue weighted by molar-refractivity contribution is 5.74. The molecule has 1 atom stereocenters. The molecule has 1 N–H and O–H groups in total. The Morgan fingerprint density at radius 1 is 1.11 bits per heavy atom. The molecule has 1 aliphatic rings. The molecule has 0 aromatic heterocycles. The molecule has 0 radical (unpaired) electrons. The van der Waals surface area contributed by atoms with Gasteiger partial charge in [0, 0.05) is 0 Å². The fraction of sp³-hybridized carbons (Fsp3) is 0.188. The van der Waals surface area contributed by atoms with Crippen molar-refractivity contribution in [1.82, 2.24) is 0 Å². The predicted octanol–water partition coefficient (Wildman–Crippen LogP) is 3.13. The largest absolute Gasteiger partial charge is 0.479 e. The Morgan fingerprint density at radius 2 is 1.89 bits per heavy atom. The molecule has 96 valence electrons. The lowest BCUT2D eigenvalue weighted by molar-refractivity contribution is -0.145. The fourth-order valence-corrected chi connectivity index (χ4v) is 2.37. The number of benzene rings is 2. The molecule has 0 fully saturated rings. The summed E-state index contributed by atoms with van der Waals surface area (Å²) in [6, 6.07) is 16.0. The Balaban J connectivity index is 1.92. The quantitative estimate of drug-likeness (QED) is 0.895. The molecule has 1 aliphatic heterocycles. The van der Waals surface area contributed by atoms with E-state index in [1.165, 1.54) is 0 Å². The summed E-state index contributed by atoms with van der Waals surface area (Å²) in [5.74, 6) is -0.198. The smallest absolute Gasteiger partial charge is 0.344 e. The van der Waals surface area contributed by atoms with E-state index in [2.05, 4.69) is 18.2 Å². The van der Waals surface area contributed by atoms with Crippen molar-refractivity contribution in [3.8, 4) is 16.9 Å². The summed E-state index contributed by atoms with van der Waals surface area (Å²) >= 11 is 0. The first kappa shape index (κ1) is 11.8. The van der Waals surface area contributed by atoms with E-state index in [9.17, 15) is 4.79 Å². The molecule has 0 saturated heterocycles. The van der Waals surface area contributed by atoms with E-state index in [0.717, 1.165) is 23.1 Å². The molecule has 3 rings (SSSR count). The fourth-order valence-electron chi connectivity index (χ4n) is 2.37. The van der Waals surface area contributed by atoms with Crippen LogP contribution in [0.25, 0.3) is 11.1 Å². The number of ether oxygens (including phenoxy) is 1. The Hall–Kier alpha value is -2.29. The van der Waals surface area contributed by atoms with Gasteiger partial charge >= 0.3 is 5.97 Å². The maximum absolute atomic E-state index is 10.9. The lowest BCUT2D eigenvalue weighted by Crippen LogP contribution is -2.30. The Bertz CT molecular complexity index is 605. The van der Waals surface area contributed by atoms with Crippen molar-refractivity contribution in [2.45, 2.75) is 18.9 Å². The van der Waals surface area contributed by atoms with E-state index in [-0.39, 0.29) is 0 Å². The van der Waals surface area contributed by atoms with Gasteiger partial charge < -0.3 is 9.84 Å². The Kier molecular flexibility index (Phi) is 2.95. The molecule has 0 saturated carbocycles. The molecular formula is C16H14O3. The van der Waals surface area contributed by atoms with Crippen molar-refractivity contribution < 1.29 is 14.6 Å². The minimum Gasteiger partial charge on any atom is -0.479 e. The van der Waals surface area contributed by atoms with Crippen LogP contribution in [0.3, 0.4) is 0 Å². The standard InChI is InChI=1S/C16H14O3/c17-16(18)15-9-7-13-10-12(6-8-14(13)19-15)11-4-2-1-3-5-11/h1-6,8,10,15H,7,9H2,(H,17,18). The van der Waals surface area contributed by atoms with Crippen LogP contribution in [0, 0.1) is 0 Å². The van der Waals surface area contributed by atoms with Crippen LogP contribution in [-0.4, -0.2) is 17.2 Å². The van der Waals surface area contributed by atoms with E-state index in [1.807, 2.05) is 30.3 Å². The van der Waals surface area contributed by atoms with Crippen molar-refractivity contribution in [1.29, 1.82) is 0 Å². The molecule has 1 heterocycles. The van der Waals surface area contributed by atoms with Crippen LogP contribution < -0.4 is 4.74 Å². The lowest BCUT2D eigenvalue weighted by Gasteiger charge is -2.23. The highest BCUT2D eigenvalue weighted by atomic mass is 16.5. The third-order valence-electron chi connectivity index (χ3n) is 3.39. The van der Waals surface area contributed by atoms with Gasteiger partial charge in [0.25, 0.3) is 0 Å². The van der Waals surface area contributed by atoms with E-state index in [1.54, 1.807) is 0 Å². The minimum atomic E-state index is -0.891. The molecule has 19 heavy (non-hydrogen) atoms. The van der Waals surface area contributed by atoms with Gasteiger partial charge in [0.05, 0.1) is 0 Å². The van der Waals surface area contributed by atoms with Crippen molar-refractivity contribution in [3.05, 3.63) is 54.1 Å². The van der Waals surface area contributed by atoms with Gasteiger partial charge in [-0.25, -0.2) is 4.79 Å². The van der Waals surface area contributed by atoms with Crippen LogP contribution in [0.1, 0.15) is 12.0 Å². The van der Waals surface area contributed by atoms with Crippen LogP contribution in [0.15, 0.2) is 48.5 Å². The maximum atomic E-state index is 10.9. The number of rotatable bonds is 2. The zero-order valence-electron chi connectivity index (χ0n) is 10.4. The van der Waals surface area contributed by atoms with Gasteiger partial charge in [0.1, 0.15) is 5.75 Å². The topological polar surface area (TPSA) is 46.5 Å². The van der Waals surface area contributed by atoms with Crippen molar-refractivity contribution >= 4 is 5.97 Å². The third-order valence-corrected chi connectivity index (χ3v) is 3.39. The predicted molar refractivity (Wildman–Crippen MR) is 72.3 cm³/mol. The van der Waals surface area contributed by atoms with Gasteiger partial charge in [-0.1, -0.05) is 36.4 Å². The summed E-state index contributed by atoms with van der Waals surface area (Å²) in [6.45, 7) is 0. The van der Waals surface area contributed by atoms with Crippen molar-refractivity contribution in [3.63, 3.8) is 0 Å². The number of aliphatic carboxylic acids is 1. The van der Waals surface area contributed by atoms with E-state index in [4.69, 9.17) is 9.84 Å². The van der Waals surface area contributed by atoms with Gasteiger partial charge in [0.2, 0.25) is 0 Å². The first-order chi connectivity index (χ1) is 9.24. The lowest BCUT2D eigenvalue weighted by atomic mass is 9.97. The maximum Gasteiger partial charge on any atom is 0.344 e. The molecule has 3 nitrogen and oxygen atoms in total. The third kappa shape index (κ3) is 2.32. The van der Waals surface area contributed by atoms with E-state index in [0.29, 0.717) is 12.2 Å². The summed E-state index contributed by atoms with van der Waals surface area (Å²) in [5.41, 5.74) is 3.38. The van der Waals surface area contributed by atoms with Gasteiger partial charge in [0.15, 0.2) is 6.10 Å². The molecular weight excluding hydrogens is 240 g/mol. The normalized spacial score (nSPS) is 17.4. The number of aryl methyl sites for hydroxylation is 1. The Morgan fingerprint density at radius 3 is 2.63 bits per heavy atom. The van der Waals surface area contributed by atoms with Crippen molar-refractivity contribution in [2.75, 3.05) is 0 Å². The number of hydrogen-bond donors (Lipinski definition) is 1. The average Bonchev–Trinajstić information content (AvgIpc) is 2.47. The van der Waals surface area contributed by atoms with Gasteiger partial charge in [-0.15, -0.1) is 0 Å². The summed E-state index contributed by atoms with van der Waals surface area (Å²) in [7, 11) is 0. The van der Waals surface area contributed by atoms with Crippen molar-refractivity contribution in [2.24, 2.45) is 0 Å².